The van der Waals surface area contributed by atoms with Crippen LogP contribution in [0.25, 0.3) is 0 Å². The average molecular weight is 485 g/mol. The number of amides is 1. The van der Waals surface area contributed by atoms with Crippen LogP contribution in [0.2, 0.25) is 10.0 Å². The van der Waals surface area contributed by atoms with E-state index in [1.807, 2.05) is 58.0 Å². The molecule has 0 saturated heterocycles. The lowest BCUT2D eigenvalue weighted by molar-refractivity contribution is -0.132. The summed E-state index contributed by atoms with van der Waals surface area (Å²) in [7, 11) is -3.98. The number of hydrogen-bond donors (Lipinski definition) is 0. The van der Waals surface area contributed by atoms with E-state index >= 15 is 0 Å². The molecule has 2 rings (SSSR count). The molecule has 0 saturated carbocycles. The van der Waals surface area contributed by atoms with Gasteiger partial charge in [0.2, 0.25) is 15.9 Å². The Morgan fingerprint density at radius 1 is 0.903 bits per heavy atom. The van der Waals surface area contributed by atoms with Crippen LogP contribution >= 0.6 is 23.2 Å². The first-order chi connectivity index (χ1) is 14.5. The highest BCUT2D eigenvalue weighted by atomic mass is 35.5. The van der Waals surface area contributed by atoms with E-state index in [1.54, 1.807) is 4.90 Å². The van der Waals surface area contributed by atoms with Gasteiger partial charge in [-0.2, -0.15) is 4.31 Å². The predicted molar refractivity (Wildman–Crippen MR) is 127 cm³/mol. The lowest BCUT2D eigenvalue weighted by Gasteiger charge is -2.29. The second kappa shape index (κ2) is 11.3. The van der Waals surface area contributed by atoms with Gasteiger partial charge >= 0.3 is 0 Å². The van der Waals surface area contributed by atoms with E-state index in [2.05, 4.69) is 0 Å². The van der Waals surface area contributed by atoms with Gasteiger partial charge in [0.05, 0.1) is 21.5 Å². The molecule has 2 aromatic rings. The van der Waals surface area contributed by atoms with Crippen LogP contribution in [0.15, 0.2) is 53.4 Å². The van der Waals surface area contributed by atoms with Crippen molar-refractivity contribution in [3.05, 3.63) is 64.1 Å². The molecule has 170 valence electrons. The fourth-order valence-electron chi connectivity index (χ4n) is 3.21. The largest absolute Gasteiger partial charge is 0.341 e. The lowest BCUT2D eigenvalue weighted by Crippen LogP contribution is -2.45. The van der Waals surface area contributed by atoms with Crippen LogP contribution in [0, 0.1) is 11.8 Å². The SMILES string of the molecule is CC(C)CN(CC(C)C)C(=O)CN(Cc1ccccc1)S(=O)(=O)c1ccc(Cl)c(Cl)c1. The number of hydrogen-bond acceptors (Lipinski definition) is 3. The zero-order valence-electron chi connectivity index (χ0n) is 18.4. The number of nitrogens with zero attached hydrogens (tertiary/aromatic N) is 2. The molecular formula is C23H30Cl2N2O3S. The lowest BCUT2D eigenvalue weighted by atomic mass is 10.1. The van der Waals surface area contributed by atoms with Crippen LogP contribution in [0.3, 0.4) is 0 Å². The molecule has 1 amide bonds. The van der Waals surface area contributed by atoms with E-state index < -0.39 is 10.0 Å². The van der Waals surface area contributed by atoms with Crippen molar-refractivity contribution in [2.45, 2.75) is 39.1 Å². The minimum absolute atomic E-state index is 0.00454. The van der Waals surface area contributed by atoms with Gasteiger partial charge in [-0.1, -0.05) is 81.2 Å². The first-order valence-corrected chi connectivity index (χ1v) is 12.5. The molecule has 0 atom stereocenters. The molecule has 5 nitrogen and oxygen atoms in total. The van der Waals surface area contributed by atoms with Crippen molar-refractivity contribution in [2.24, 2.45) is 11.8 Å². The molecule has 0 unspecified atom stereocenters. The highest BCUT2D eigenvalue weighted by molar-refractivity contribution is 7.89. The van der Waals surface area contributed by atoms with Crippen LogP contribution in [0.5, 0.6) is 0 Å². The van der Waals surface area contributed by atoms with Gasteiger partial charge in [0.1, 0.15) is 0 Å². The van der Waals surface area contributed by atoms with E-state index in [0.29, 0.717) is 13.1 Å². The topological polar surface area (TPSA) is 57.7 Å². The zero-order chi connectivity index (χ0) is 23.2. The summed E-state index contributed by atoms with van der Waals surface area (Å²) in [6.45, 7) is 9.11. The second-order valence-electron chi connectivity index (χ2n) is 8.42. The Labute approximate surface area is 196 Å². The molecule has 31 heavy (non-hydrogen) atoms. The van der Waals surface area contributed by atoms with E-state index in [1.165, 1.54) is 22.5 Å². The molecule has 2 aromatic carbocycles. The molecule has 0 fully saturated rings. The molecule has 0 aliphatic heterocycles. The van der Waals surface area contributed by atoms with Gasteiger partial charge in [-0.25, -0.2) is 8.42 Å². The molecule has 0 spiro atoms. The number of rotatable bonds is 10. The van der Waals surface area contributed by atoms with Crippen molar-refractivity contribution in [2.75, 3.05) is 19.6 Å². The van der Waals surface area contributed by atoms with Gasteiger partial charge in [-0.05, 0) is 35.6 Å². The maximum Gasteiger partial charge on any atom is 0.243 e. The first-order valence-electron chi connectivity index (χ1n) is 10.3. The van der Waals surface area contributed by atoms with Crippen molar-refractivity contribution >= 4 is 39.1 Å². The van der Waals surface area contributed by atoms with Gasteiger partial charge < -0.3 is 4.90 Å². The quantitative estimate of drug-likeness (QED) is 0.458. The first kappa shape index (κ1) is 25.7. The number of benzene rings is 2. The summed E-state index contributed by atoms with van der Waals surface area (Å²) < 4.78 is 28.1. The summed E-state index contributed by atoms with van der Waals surface area (Å²) >= 11 is 12.0. The van der Waals surface area contributed by atoms with Crippen molar-refractivity contribution in [1.82, 2.24) is 9.21 Å². The van der Waals surface area contributed by atoms with E-state index in [4.69, 9.17) is 23.2 Å². The van der Waals surface area contributed by atoms with Crippen LogP contribution < -0.4 is 0 Å². The molecule has 0 N–H and O–H groups in total. The van der Waals surface area contributed by atoms with Crippen molar-refractivity contribution in [3.63, 3.8) is 0 Å². The van der Waals surface area contributed by atoms with Gasteiger partial charge in [-0.3, -0.25) is 4.79 Å². The Morgan fingerprint density at radius 2 is 1.48 bits per heavy atom. The molecule has 0 radical (unpaired) electrons. The van der Waals surface area contributed by atoms with Gasteiger partial charge in [-0.15, -0.1) is 0 Å². The molecule has 8 heteroatoms. The van der Waals surface area contributed by atoms with E-state index in [9.17, 15) is 13.2 Å². The Bertz CT molecular complexity index is 970. The average Bonchev–Trinajstić information content (AvgIpc) is 2.69. The van der Waals surface area contributed by atoms with Gasteiger partial charge in [0, 0.05) is 19.6 Å². The van der Waals surface area contributed by atoms with Crippen LogP contribution in [0.4, 0.5) is 0 Å². The van der Waals surface area contributed by atoms with E-state index in [-0.39, 0.29) is 45.8 Å². The maximum absolute atomic E-state index is 13.5. The normalized spacial score (nSPS) is 12.0. The Kier molecular flexibility index (Phi) is 9.37. The third-order valence-corrected chi connectivity index (χ3v) is 7.09. The summed E-state index contributed by atoms with van der Waals surface area (Å²) in [6.07, 6.45) is 0. The van der Waals surface area contributed by atoms with E-state index in [0.717, 1.165) is 5.56 Å². The third kappa shape index (κ3) is 7.49. The summed E-state index contributed by atoms with van der Waals surface area (Å²) in [4.78, 5) is 14.9. The maximum atomic E-state index is 13.5. The van der Waals surface area contributed by atoms with Gasteiger partial charge in [0.15, 0.2) is 0 Å². The molecule has 0 aliphatic rings. The zero-order valence-corrected chi connectivity index (χ0v) is 20.7. The highest BCUT2D eigenvalue weighted by Crippen LogP contribution is 2.27. The molecule has 0 aromatic heterocycles. The molecule has 0 aliphatic carbocycles. The van der Waals surface area contributed by atoms with Crippen molar-refractivity contribution in [1.29, 1.82) is 0 Å². The predicted octanol–water partition coefficient (Wildman–Crippen LogP) is 5.32. The fraction of sp³-hybridized carbons (Fsp3) is 0.435. The fourth-order valence-corrected chi connectivity index (χ4v) is 4.98. The number of carbonyl (C=O) groups is 1. The van der Waals surface area contributed by atoms with Crippen molar-refractivity contribution in [3.8, 4) is 0 Å². The Hall–Kier alpha value is -1.60. The third-order valence-electron chi connectivity index (χ3n) is 4.57. The molecule has 0 bridgehead atoms. The summed E-state index contributed by atoms with van der Waals surface area (Å²) in [5.41, 5.74) is 0.790. The molecule has 0 heterocycles. The minimum Gasteiger partial charge on any atom is -0.341 e. The number of sulfonamides is 1. The minimum atomic E-state index is -3.98. The van der Waals surface area contributed by atoms with Crippen molar-refractivity contribution < 1.29 is 13.2 Å². The summed E-state index contributed by atoms with van der Waals surface area (Å²) in [5, 5.41) is 0.418. The number of carbonyl (C=O) groups excluding carboxylic acids is 1. The summed E-state index contributed by atoms with van der Waals surface area (Å²) in [6, 6.07) is 13.4. The Balaban J connectivity index is 2.39. The monoisotopic (exact) mass is 484 g/mol. The van der Waals surface area contributed by atoms with Crippen LogP contribution in [-0.2, 0) is 21.4 Å². The van der Waals surface area contributed by atoms with Crippen LogP contribution in [-0.4, -0.2) is 43.2 Å². The van der Waals surface area contributed by atoms with Gasteiger partial charge in [0.25, 0.3) is 0 Å². The highest BCUT2D eigenvalue weighted by Gasteiger charge is 2.29. The molecular weight excluding hydrogens is 455 g/mol. The number of halogens is 2. The standard InChI is InChI=1S/C23H30Cl2N2O3S/c1-17(2)13-26(14-18(3)4)23(28)16-27(15-19-8-6-5-7-9-19)31(29,30)20-10-11-21(24)22(25)12-20/h5-12,17-18H,13-16H2,1-4H3. The second-order valence-corrected chi connectivity index (χ2v) is 11.2. The Morgan fingerprint density at radius 3 is 2.00 bits per heavy atom. The summed E-state index contributed by atoms with van der Waals surface area (Å²) in [5.74, 6) is 0.330. The van der Waals surface area contributed by atoms with Crippen LogP contribution in [0.1, 0.15) is 33.3 Å². The smallest absolute Gasteiger partial charge is 0.243 e.